The van der Waals surface area contributed by atoms with Crippen LogP contribution in [0.3, 0.4) is 0 Å². The van der Waals surface area contributed by atoms with E-state index in [9.17, 15) is 18.0 Å². The first-order chi connectivity index (χ1) is 11.3. The van der Waals surface area contributed by atoms with E-state index in [1.54, 1.807) is 23.5 Å². The lowest BCUT2D eigenvalue weighted by Crippen LogP contribution is -2.22. The van der Waals surface area contributed by atoms with Gasteiger partial charge in [0.2, 0.25) is 0 Å². The molecule has 1 aliphatic heterocycles. The van der Waals surface area contributed by atoms with Gasteiger partial charge in [0.1, 0.15) is 11.6 Å². The van der Waals surface area contributed by atoms with Crippen molar-refractivity contribution in [3.63, 3.8) is 0 Å². The van der Waals surface area contributed by atoms with E-state index in [0.29, 0.717) is 5.82 Å². The Morgan fingerprint density at radius 3 is 2.88 bits per heavy atom. The molecular formula is C14H13F3N4O2S. The van der Waals surface area contributed by atoms with Gasteiger partial charge in [0.05, 0.1) is 5.69 Å². The number of hydrogen-bond donors (Lipinski definition) is 2. The number of aryl methyl sites for hydroxylation is 1. The Morgan fingerprint density at radius 2 is 2.12 bits per heavy atom. The molecule has 0 saturated carbocycles. The summed E-state index contributed by atoms with van der Waals surface area (Å²) in [6, 6.07) is 4.50. The zero-order valence-corrected chi connectivity index (χ0v) is 13.3. The molecule has 0 bridgehead atoms. The maximum Gasteiger partial charge on any atom is 0.573 e. The average Bonchev–Trinajstić information content (AvgIpc) is 3.00. The lowest BCUT2D eigenvalue weighted by Gasteiger charge is -2.12. The Hall–Kier alpha value is -2.36. The summed E-state index contributed by atoms with van der Waals surface area (Å²) in [7, 11) is 1.72. The summed E-state index contributed by atoms with van der Waals surface area (Å²) >= 11 is 1.70. The number of carbonyl (C=O) groups excluding carboxylic acids is 1. The van der Waals surface area contributed by atoms with E-state index in [0.717, 1.165) is 34.9 Å². The monoisotopic (exact) mass is 358 g/mol. The number of nitrogens with zero attached hydrogens (tertiary/aromatic N) is 2. The van der Waals surface area contributed by atoms with Crippen LogP contribution in [0.5, 0.6) is 5.75 Å². The molecule has 10 heteroatoms. The van der Waals surface area contributed by atoms with Crippen molar-refractivity contribution in [1.29, 1.82) is 0 Å². The number of hydrogen-bond acceptors (Lipinski definition) is 4. The summed E-state index contributed by atoms with van der Waals surface area (Å²) < 4.78 is 42.1. The SMILES string of the molecule is Cn1nc2c(c1NC(=O)Nc1cccc(OC(F)(F)F)c1)CSC2. The van der Waals surface area contributed by atoms with Gasteiger partial charge in [-0.3, -0.25) is 10.00 Å². The van der Waals surface area contributed by atoms with Crippen LogP contribution in [0.4, 0.5) is 29.5 Å². The quantitative estimate of drug-likeness (QED) is 0.878. The maximum atomic E-state index is 12.2. The molecule has 0 unspecified atom stereocenters. The smallest absolute Gasteiger partial charge is 0.406 e. The van der Waals surface area contributed by atoms with E-state index in [1.165, 1.54) is 12.1 Å². The van der Waals surface area contributed by atoms with Crippen LogP contribution < -0.4 is 15.4 Å². The third kappa shape index (κ3) is 3.75. The van der Waals surface area contributed by atoms with Crippen LogP contribution in [0.1, 0.15) is 11.3 Å². The zero-order chi connectivity index (χ0) is 17.3. The van der Waals surface area contributed by atoms with Crippen molar-refractivity contribution >= 4 is 29.3 Å². The molecular weight excluding hydrogens is 345 g/mol. The van der Waals surface area contributed by atoms with Crippen LogP contribution in [0.25, 0.3) is 0 Å². The number of amides is 2. The fourth-order valence-electron chi connectivity index (χ4n) is 2.34. The highest BCUT2D eigenvalue weighted by molar-refractivity contribution is 7.98. The molecule has 128 valence electrons. The molecule has 2 amide bonds. The second-order valence-corrected chi connectivity index (χ2v) is 6.03. The molecule has 3 rings (SSSR count). The van der Waals surface area contributed by atoms with Gasteiger partial charge in [-0.25, -0.2) is 4.79 Å². The number of benzene rings is 1. The van der Waals surface area contributed by atoms with Crippen LogP contribution in [-0.2, 0) is 18.6 Å². The van der Waals surface area contributed by atoms with Gasteiger partial charge in [0.25, 0.3) is 0 Å². The number of rotatable bonds is 3. The van der Waals surface area contributed by atoms with Gasteiger partial charge < -0.3 is 10.1 Å². The minimum atomic E-state index is -4.78. The third-order valence-electron chi connectivity index (χ3n) is 3.27. The Morgan fingerprint density at radius 1 is 1.33 bits per heavy atom. The van der Waals surface area contributed by atoms with Crippen molar-refractivity contribution in [3.05, 3.63) is 35.5 Å². The standard InChI is InChI=1S/C14H13F3N4O2S/c1-21-12(10-6-24-7-11(10)20-21)19-13(22)18-8-3-2-4-9(5-8)23-14(15,16)17/h2-5H,6-7H2,1H3,(H2,18,19,22). The number of halogens is 3. The molecule has 2 heterocycles. The highest BCUT2D eigenvalue weighted by Gasteiger charge is 2.31. The number of aromatic nitrogens is 2. The molecule has 2 N–H and O–H groups in total. The van der Waals surface area contributed by atoms with Crippen LogP contribution in [-0.4, -0.2) is 22.2 Å². The van der Waals surface area contributed by atoms with Gasteiger partial charge in [-0.15, -0.1) is 13.2 Å². The summed E-state index contributed by atoms with van der Waals surface area (Å²) in [4.78, 5) is 12.1. The Kier molecular flexibility index (Phi) is 4.31. The maximum absolute atomic E-state index is 12.2. The van der Waals surface area contributed by atoms with Gasteiger partial charge >= 0.3 is 12.4 Å². The van der Waals surface area contributed by atoms with E-state index < -0.39 is 18.1 Å². The van der Waals surface area contributed by atoms with Gasteiger partial charge in [0.15, 0.2) is 0 Å². The summed E-state index contributed by atoms with van der Waals surface area (Å²) in [5.41, 5.74) is 2.08. The van der Waals surface area contributed by atoms with Gasteiger partial charge in [-0.1, -0.05) is 6.07 Å². The molecule has 0 atom stereocenters. The molecule has 0 fully saturated rings. The number of ether oxygens (including phenoxy) is 1. The molecule has 6 nitrogen and oxygen atoms in total. The molecule has 1 aromatic carbocycles. The number of thioether (sulfide) groups is 1. The lowest BCUT2D eigenvalue weighted by atomic mass is 10.3. The fourth-order valence-corrected chi connectivity index (χ4v) is 3.37. The first-order valence-electron chi connectivity index (χ1n) is 6.88. The van der Waals surface area contributed by atoms with Crippen molar-refractivity contribution in [3.8, 4) is 5.75 Å². The Balaban J connectivity index is 1.68. The van der Waals surface area contributed by atoms with E-state index >= 15 is 0 Å². The van der Waals surface area contributed by atoms with Crippen molar-refractivity contribution in [1.82, 2.24) is 9.78 Å². The fraction of sp³-hybridized carbons (Fsp3) is 0.286. The molecule has 0 radical (unpaired) electrons. The van der Waals surface area contributed by atoms with Crippen LogP contribution in [0, 0.1) is 0 Å². The van der Waals surface area contributed by atoms with Crippen LogP contribution >= 0.6 is 11.8 Å². The average molecular weight is 358 g/mol. The molecule has 2 aromatic rings. The Labute approximate surface area is 139 Å². The minimum absolute atomic E-state index is 0.183. The summed E-state index contributed by atoms with van der Waals surface area (Å²) in [5, 5.41) is 9.47. The minimum Gasteiger partial charge on any atom is -0.406 e. The van der Waals surface area contributed by atoms with Crippen molar-refractivity contribution < 1.29 is 22.7 Å². The van der Waals surface area contributed by atoms with Crippen molar-refractivity contribution in [2.45, 2.75) is 17.9 Å². The number of nitrogens with one attached hydrogen (secondary N) is 2. The Bertz CT molecular complexity index is 776. The number of fused-ring (bicyclic) bond motifs is 1. The third-order valence-corrected chi connectivity index (χ3v) is 4.24. The molecule has 1 aliphatic rings. The summed E-state index contributed by atoms with van der Waals surface area (Å²) in [6.07, 6.45) is -4.78. The van der Waals surface area contributed by atoms with Crippen LogP contribution in [0.15, 0.2) is 24.3 Å². The molecule has 1 aromatic heterocycles. The van der Waals surface area contributed by atoms with Gasteiger partial charge in [0, 0.05) is 35.9 Å². The van der Waals surface area contributed by atoms with Crippen LogP contribution in [0.2, 0.25) is 0 Å². The summed E-state index contributed by atoms with van der Waals surface area (Å²) in [6.45, 7) is 0. The van der Waals surface area contributed by atoms with E-state index in [1.807, 2.05) is 0 Å². The van der Waals surface area contributed by atoms with Gasteiger partial charge in [-0.05, 0) is 12.1 Å². The predicted molar refractivity (Wildman–Crippen MR) is 84.0 cm³/mol. The molecule has 0 saturated heterocycles. The normalized spacial score (nSPS) is 13.5. The second-order valence-electron chi connectivity index (χ2n) is 5.05. The summed E-state index contributed by atoms with van der Waals surface area (Å²) in [5.74, 6) is 1.73. The topological polar surface area (TPSA) is 68.2 Å². The molecule has 0 aliphatic carbocycles. The first kappa shape index (κ1) is 16.5. The van der Waals surface area contributed by atoms with Crippen molar-refractivity contribution in [2.75, 3.05) is 10.6 Å². The number of carbonyl (C=O) groups is 1. The number of alkyl halides is 3. The van der Waals surface area contributed by atoms with Crippen molar-refractivity contribution in [2.24, 2.45) is 7.05 Å². The highest BCUT2D eigenvalue weighted by atomic mass is 32.2. The van der Waals surface area contributed by atoms with Gasteiger partial charge in [-0.2, -0.15) is 16.9 Å². The number of urea groups is 1. The number of anilines is 2. The molecule has 0 spiro atoms. The van der Waals surface area contributed by atoms with E-state index in [4.69, 9.17) is 0 Å². The highest BCUT2D eigenvalue weighted by Crippen LogP contribution is 2.34. The molecule has 24 heavy (non-hydrogen) atoms. The second kappa shape index (κ2) is 6.27. The largest absolute Gasteiger partial charge is 0.573 e. The predicted octanol–water partition coefficient (Wildman–Crippen LogP) is 3.71. The lowest BCUT2D eigenvalue weighted by molar-refractivity contribution is -0.274. The first-order valence-corrected chi connectivity index (χ1v) is 8.03. The van der Waals surface area contributed by atoms with E-state index in [-0.39, 0.29) is 5.69 Å². The van der Waals surface area contributed by atoms with E-state index in [2.05, 4.69) is 20.5 Å². The zero-order valence-electron chi connectivity index (χ0n) is 12.5.